The van der Waals surface area contributed by atoms with Gasteiger partial charge in [-0.25, -0.2) is 0 Å². The lowest BCUT2D eigenvalue weighted by Crippen LogP contribution is -2.24. The van der Waals surface area contributed by atoms with Crippen molar-refractivity contribution in [3.63, 3.8) is 0 Å². The highest BCUT2D eigenvalue weighted by Gasteiger charge is 2.30. The Hall–Kier alpha value is -0.510. The summed E-state index contributed by atoms with van der Waals surface area (Å²) < 4.78 is 0. The van der Waals surface area contributed by atoms with Crippen molar-refractivity contribution in [3.8, 4) is 6.07 Å². The fourth-order valence-corrected chi connectivity index (χ4v) is 6.06. The highest BCUT2D eigenvalue weighted by molar-refractivity contribution is 4.92. The smallest absolute Gasteiger partial charge is 0.0658 e. The average Bonchev–Trinajstić information content (AvgIpc) is 2.74. The second-order valence-electron chi connectivity index (χ2n) is 10.3. The Morgan fingerprint density at radius 2 is 1.11 bits per heavy atom. The van der Waals surface area contributed by atoms with Crippen LogP contribution in [0, 0.1) is 40.9 Å². The fraction of sp³-hybridized carbons (Fsp3) is 0.963. The Morgan fingerprint density at radius 3 is 1.68 bits per heavy atom. The number of nitrogens with zero attached hydrogens (tertiary/aromatic N) is 1. The summed E-state index contributed by atoms with van der Waals surface area (Å²) in [6.45, 7) is 4.60. The van der Waals surface area contributed by atoms with Crippen LogP contribution in [0.1, 0.15) is 136 Å². The third kappa shape index (κ3) is 8.88. The predicted molar refractivity (Wildman–Crippen MR) is 122 cm³/mol. The molecule has 28 heavy (non-hydrogen) atoms. The van der Waals surface area contributed by atoms with E-state index in [2.05, 4.69) is 19.9 Å². The number of hydrogen-bond acceptors (Lipinski definition) is 1. The lowest BCUT2D eigenvalue weighted by Gasteiger charge is -2.34. The molecule has 1 atom stereocenters. The SMILES string of the molecule is CCCCCCCC1CCC(CC(C#N)C2CCC(CCCCC)CC2)CC1. The van der Waals surface area contributed by atoms with Gasteiger partial charge in [-0.15, -0.1) is 0 Å². The van der Waals surface area contributed by atoms with E-state index in [0.717, 1.165) is 17.8 Å². The van der Waals surface area contributed by atoms with Gasteiger partial charge in [0.05, 0.1) is 6.07 Å². The lowest BCUT2D eigenvalue weighted by atomic mass is 9.70. The molecule has 0 radical (unpaired) electrons. The Morgan fingerprint density at radius 1 is 0.643 bits per heavy atom. The first kappa shape index (κ1) is 23.8. The predicted octanol–water partition coefficient (Wildman–Crippen LogP) is 9.07. The van der Waals surface area contributed by atoms with E-state index >= 15 is 0 Å². The van der Waals surface area contributed by atoms with Crippen molar-refractivity contribution in [2.45, 2.75) is 136 Å². The summed E-state index contributed by atoms with van der Waals surface area (Å²) in [6.07, 6.45) is 26.6. The summed E-state index contributed by atoms with van der Waals surface area (Å²) in [5, 5.41) is 9.84. The summed E-state index contributed by atoms with van der Waals surface area (Å²) in [6, 6.07) is 2.75. The van der Waals surface area contributed by atoms with Crippen molar-refractivity contribution in [2.24, 2.45) is 29.6 Å². The zero-order valence-corrected chi connectivity index (χ0v) is 19.3. The van der Waals surface area contributed by atoms with E-state index in [-0.39, 0.29) is 0 Å². The van der Waals surface area contributed by atoms with Gasteiger partial charge in [-0.05, 0) is 42.9 Å². The zero-order valence-electron chi connectivity index (χ0n) is 19.3. The molecule has 2 aliphatic rings. The molecule has 0 bridgehead atoms. The molecule has 2 saturated carbocycles. The van der Waals surface area contributed by atoms with E-state index in [1.54, 1.807) is 0 Å². The number of rotatable bonds is 13. The van der Waals surface area contributed by atoms with Crippen LogP contribution in [0.5, 0.6) is 0 Å². The van der Waals surface area contributed by atoms with Crippen molar-refractivity contribution in [2.75, 3.05) is 0 Å². The van der Waals surface area contributed by atoms with Crippen molar-refractivity contribution < 1.29 is 0 Å². The second-order valence-corrected chi connectivity index (χ2v) is 10.3. The molecular formula is C27H49N. The molecule has 1 unspecified atom stereocenters. The highest BCUT2D eigenvalue weighted by Crippen LogP contribution is 2.41. The maximum atomic E-state index is 9.84. The average molecular weight is 388 g/mol. The first-order chi connectivity index (χ1) is 13.8. The summed E-state index contributed by atoms with van der Waals surface area (Å²) in [5.74, 6) is 3.88. The van der Waals surface area contributed by atoms with Crippen LogP contribution in [0.25, 0.3) is 0 Å². The molecule has 1 nitrogen and oxygen atoms in total. The van der Waals surface area contributed by atoms with E-state index in [4.69, 9.17) is 0 Å². The number of hydrogen-bond donors (Lipinski definition) is 0. The molecule has 0 saturated heterocycles. The molecular weight excluding hydrogens is 338 g/mol. The normalized spacial score (nSPS) is 29.3. The van der Waals surface area contributed by atoms with Gasteiger partial charge in [0.15, 0.2) is 0 Å². The standard InChI is InChI=1S/C27H49N/c1-3-5-7-8-10-12-23-13-15-25(16-14-23)21-27(22-28)26-19-17-24(18-20-26)11-9-6-4-2/h23-27H,3-21H2,1-2H3. The maximum Gasteiger partial charge on any atom is 0.0658 e. The van der Waals surface area contributed by atoms with Gasteiger partial charge in [0, 0.05) is 5.92 Å². The largest absolute Gasteiger partial charge is 0.198 e. The van der Waals surface area contributed by atoms with Crippen LogP contribution in [-0.4, -0.2) is 0 Å². The summed E-state index contributed by atoms with van der Waals surface area (Å²) in [5.41, 5.74) is 0. The van der Waals surface area contributed by atoms with Crippen molar-refractivity contribution in [1.82, 2.24) is 0 Å². The summed E-state index contributed by atoms with van der Waals surface area (Å²) >= 11 is 0. The van der Waals surface area contributed by atoms with Crippen molar-refractivity contribution >= 4 is 0 Å². The van der Waals surface area contributed by atoms with Gasteiger partial charge in [-0.3, -0.25) is 0 Å². The first-order valence-electron chi connectivity index (χ1n) is 13.2. The van der Waals surface area contributed by atoms with Crippen LogP contribution in [0.3, 0.4) is 0 Å². The molecule has 0 heterocycles. The Kier molecular flexibility index (Phi) is 12.3. The van der Waals surface area contributed by atoms with Gasteiger partial charge in [0.2, 0.25) is 0 Å². The van der Waals surface area contributed by atoms with Crippen LogP contribution in [0.15, 0.2) is 0 Å². The molecule has 2 fully saturated rings. The molecule has 162 valence electrons. The van der Waals surface area contributed by atoms with Gasteiger partial charge in [-0.2, -0.15) is 5.26 Å². The van der Waals surface area contributed by atoms with E-state index in [1.807, 2.05) is 0 Å². The number of nitriles is 1. The molecule has 0 spiro atoms. The van der Waals surface area contributed by atoms with Gasteiger partial charge < -0.3 is 0 Å². The second kappa shape index (κ2) is 14.5. The Labute approximate surface area is 177 Å². The van der Waals surface area contributed by atoms with Crippen molar-refractivity contribution in [1.29, 1.82) is 5.26 Å². The molecule has 2 rings (SSSR count). The van der Waals surface area contributed by atoms with E-state index in [0.29, 0.717) is 11.8 Å². The maximum absolute atomic E-state index is 9.84. The highest BCUT2D eigenvalue weighted by atomic mass is 14.4. The van der Waals surface area contributed by atoms with E-state index < -0.39 is 0 Å². The van der Waals surface area contributed by atoms with E-state index in [1.165, 1.54) is 122 Å². The van der Waals surface area contributed by atoms with Crippen LogP contribution < -0.4 is 0 Å². The topological polar surface area (TPSA) is 23.8 Å². The fourth-order valence-electron chi connectivity index (χ4n) is 6.06. The van der Waals surface area contributed by atoms with Gasteiger partial charge in [-0.1, -0.05) is 117 Å². The minimum absolute atomic E-state index is 0.354. The molecule has 0 amide bonds. The van der Waals surface area contributed by atoms with Crippen LogP contribution >= 0.6 is 0 Å². The Balaban J connectivity index is 1.60. The van der Waals surface area contributed by atoms with Gasteiger partial charge >= 0.3 is 0 Å². The molecule has 0 aromatic rings. The molecule has 1 heteroatoms. The van der Waals surface area contributed by atoms with Gasteiger partial charge in [0.1, 0.15) is 0 Å². The van der Waals surface area contributed by atoms with Crippen LogP contribution in [0.2, 0.25) is 0 Å². The molecule has 0 N–H and O–H groups in total. The van der Waals surface area contributed by atoms with Crippen LogP contribution in [0.4, 0.5) is 0 Å². The lowest BCUT2D eigenvalue weighted by molar-refractivity contribution is 0.177. The minimum Gasteiger partial charge on any atom is -0.198 e. The van der Waals surface area contributed by atoms with Crippen molar-refractivity contribution in [3.05, 3.63) is 0 Å². The minimum atomic E-state index is 0.354. The van der Waals surface area contributed by atoms with E-state index in [9.17, 15) is 5.26 Å². The molecule has 0 aromatic heterocycles. The molecule has 0 aromatic carbocycles. The Bertz CT molecular complexity index is 406. The quantitative estimate of drug-likeness (QED) is 0.289. The number of unbranched alkanes of at least 4 members (excludes halogenated alkanes) is 6. The molecule has 2 aliphatic carbocycles. The summed E-state index contributed by atoms with van der Waals surface area (Å²) in [4.78, 5) is 0. The third-order valence-electron chi connectivity index (χ3n) is 8.11. The molecule has 0 aliphatic heterocycles. The monoisotopic (exact) mass is 387 g/mol. The van der Waals surface area contributed by atoms with Crippen LogP contribution in [-0.2, 0) is 0 Å². The summed E-state index contributed by atoms with van der Waals surface area (Å²) in [7, 11) is 0. The third-order valence-corrected chi connectivity index (χ3v) is 8.11. The first-order valence-corrected chi connectivity index (χ1v) is 13.2. The van der Waals surface area contributed by atoms with Gasteiger partial charge in [0.25, 0.3) is 0 Å². The zero-order chi connectivity index (χ0) is 20.0.